The second-order valence-electron chi connectivity index (χ2n) is 5.80. The molecule has 3 rings (SSSR count). The highest BCUT2D eigenvalue weighted by Crippen LogP contribution is 2.32. The van der Waals surface area contributed by atoms with Crippen molar-refractivity contribution in [2.24, 2.45) is 0 Å². The number of carbonyl (C=O) groups excluding carboxylic acids is 1. The third-order valence-electron chi connectivity index (χ3n) is 4.34. The van der Waals surface area contributed by atoms with E-state index in [1.165, 1.54) is 37.0 Å². The summed E-state index contributed by atoms with van der Waals surface area (Å²) in [6.07, 6.45) is 4.95. The zero-order valence-corrected chi connectivity index (χ0v) is 13.9. The summed E-state index contributed by atoms with van der Waals surface area (Å²) in [6, 6.07) is 13.9. The molecule has 0 spiro atoms. The fourth-order valence-electron chi connectivity index (χ4n) is 3.08. The Morgan fingerprint density at radius 1 is 1.26 bits per heavy atom. The van der Waals surface area contributed by atoms with Crippen LogP contribution in [0.5, 0.6) is 0 Å². The maximum atomic E-state index is 12.4. The first-order valence-corrected chi connectivity index (χ1v) is 8.64. The number of thiophene rings is 1. The molecule has 1 aromatic carbocycles. The van der Waals surface area contributed by atoms with Crippen LogP contribution >= 0.6 is 11.3 Å². The van der Waals surface area contributed by atoms with Crippen LogP contribution in [0.4, 0.5) is 11.4 Å². The van der Waals surface area contributed by atoms with Crippen molar-refractivity contribution in [3.63, 3.8) is 0 Å². The summed E-state index contributed by atoms with van der Waals surface area (Å²) in [7, 11) is 2.10. The van der Waals surface area contributed by atoms with Crippen LogP contribution in [0.25, 0.3) is 0 Å². The molecule has 1 aliphatic rings. The van der Waals surface area contributed by atoms with E-state index < -0.39 is 0 Å². The van der Waals surface area contributed by atoms with Crippen LogP contribution in [-0.2, 0) is 0 Å². The summed E-state index contributed by atoms with van der Waals surface area (Å²) in [6.45, 7) is 0. The molecule has 1 heterocycles. The van der Waals surface area contributed by atoms with Crippen molar-refractivity contribution >= 4 is 28.6 Å². The van der Waals surface area contributed by atoms with Gasteiger partial charge in [0.1, 0.15) is 10.9 Å². The number of hydrogen-bond donors (Lipinski definition) is 1. The normalized spacial score (nSPS) is 14.4. The maximum absolute atomic E-state index is 12.4. The SMILES string of the molecule is CN(c1ccccc1NC(=O)c1ccc(C#N)s1)C1CCCC1. The molecule has 5 heteroatoms. The van der Waals surface area contributed by atoms with Crippen LogP contribution in [0.15, 0.2) is 36.4 Å². The Bertz CT molecular complexity index is 741. The first kappa shape index (κ1) is 15.6. The second-order valence-corrected chi connectivity index (χ2v) is 6.88. The maximum Gasteiger partial charge on any atom is 0.265 e. The van der Waals surface area contributed by atoms with Crippen LogP contribution in [0.3, 0.4) is 0 Å². The molecule has 0 radical (unpaired) electrons. The van der Waals surface area contributed by atoms with Gasteiger partial charge in [-0.2, -0.15) is 5.26 Å². The Hall–Kier alpha value is -2.32. The minimum Gasteiger partial charge on any atom is -0.370 e. The van der Waals surface area contributed by atoms with E-state index in [1.807, 2.05) is 24.3 Å². The summed E-state index contributed by atoms with van der Waals surface area (Å²) in [5.41, 5.74) is 1.86. The van der Waals surface area contributed by atoms with Crippen molar-refractivity contribution in [3.05, 3.63) is 46.2 Å². The van der Waals surface area contributed by atoms with Gasteiger partial charge in [-0.1, -0.05) is 25.0 Å². The number of hydrogen-bond acceptors (Lipinski definition) is 4. The molecule has 0 aliphatic heterocycles. The van der Waals surface area contributed by atoms with Crippen LogP contribution in [0, 0.1) is 11.3 Å². The number of nitrogens with one attached hydrogen (secondary N) is 1. The molecule has 0 bridgehead atoms. The Labute approximate surface area is 140 Å². The average molecular weight is 325 g/mol. The summed E-state index contributed by atoms with van der Waals surface area (Å²) in [5.74, 6) is -0.163. The lowest BCUT2D eigenvalue weighted by molar-refractivity contribution is 0.103. The van der Waals surface area contributed by atoms with Crippen molar-refractivity contribution in [3.8, 4) is 6.07 Å². The third-order valence-corrected chi connectivity index (χ3v) is 5.33. The van der Waals surface area contributed by atoms with Crippen molar-refractivity contribution in [2.75, 3.05) is 17.3 Å². The number of amides is 1. The summed E-state index contributed by atoms with van der Waals surface area (Å²) >= 11 is 1.21. The molecule has 0 saturated heterocycles. The van der Waals surface area contributed by atoms with Gasteiger partial charge in [-0.3, -0.25) is 4.79 Å². The largest absolute Gasteiger partial charge is 0.370 e. The van der Waals surface area contributed by atoms with Crippen molar-refractivity contribution in [2.45, 2.75) is 31.7 Å². The molecule has 23 heavy (non-hydrogen) atoms. The molecule has 0 unspecified atom stereocenters. The molecule has 1 aromatic heterocycles. The monoisotopic (exact) mass is 325 g/mol. The Morgan fingerprint density at radius 2 is 2.00 bits per heavy atom. The van der Waals surface area contributed by atoms with Gasteiger partial charge in [0.05, 0.1) is 16.3 Å². The van der Waals surface area contributed by atoms with Gasteiger partial charge in [-0.05, 0) is 37.1 Å². The molecule has 1 aliphatic carbocycles. The Morgan fingerprint density at radius 3 is 2.70 bits per heavy atom. The highest BCUT2D eigenvalue weighted by Gasteiger charge is 2.22. The van der Waals surface area contributed by atoms with Crippen molar-refractivity contribution < 1.29 is 4.79 Å². The van der Waals surface area contributed by atoms with E-state index in [-0.39, 0.29) is 5.91 Å². The Kier molecular flexibility index (Phi) is 4.63. The fourth-order valence-corrected chi connectivity index (χ4v) is 3.78. The van der Waals surface area contributed by atoms with E-state index in [4.69, 9.17) is 5.26 Å². The second kappa shape index (κ2) is 6.84. The minimum absolute atomic E-state index is 0.163. The molecule has 0 atom stereocenters. The highest BCUT2D eigenvalue weighted by atomic mass is 32.1. The van der Waals surface area contributed by atoms with E-state index in [0.29, 0.717) is 15.8 Å². The van der Waals surface area contributed by atoms with Crippen LogP contribution < -0.4 is 10.2 Å². The zero-order chi connectivity index (χ0) is 16.2. The van der Waals surface area contributed by atoms with Gasteiger partial charge in [0.25, 0.3) is 5.91 Å². The molecule has 1 fully saturated rings. The first-order valence-electron chi connectivity index (χ1n) is 7.82. The van der Waals surface area contributed by atoms with Gasteiger partial charge in [0.15, 0.2) is 0 Å². The lowest BCUT2D eigenvalue weighted by atomic mass is 10.1. The van der Waals surface area contributed by atoms with Gasteiger partial charge in [0, 0.05) is 13.1 Å². The van der Waals surface area contributed by atoms with E-state index in [0.717, 1.165) is 11.4 Å². The number of para-hydroxylation sites is 2. The number of rotatable bonds is 4. The molecule has 1 saturated carbocycles. The van der Waals surface area contributed by atoms with Crippen molar-refractivity contribution in [1.29, 1.82) is 5.26 Å². The summed E-state index contributed by atoms with van der Waals surface area (Å²) < 4.78 is 0. The predicted molar refractivity (Wildman–Crippen MR) is 94.1 cm³/mol. The number of benzene rings is 1. The Balaban J connectivity index is 1.80. The molecular weight excluding hydrogens is 306 g/mol. The number of nitriles is 1. The predicted octanol–water partition coefficient (Wildman–Crippen LogP) is 4.25. The molecular formula is C18H19N3OS. The smallest absolute Gasteiger partial charge is 0.265 e. The number of carbonyl (C=O) groups is 1. The molecule has 1 N–H and O–H groups in total. The molecule has 118 valence electrons. The fraction of sp³-hybridized carbons (Fsp3) is 0.333. The zero-order valence-electron chi connectivity index (χ0n) is 13.1. The first-order chi connectivity index (χ1) is 11.2. The van der Waals surface area contributed by atoms with Gasteiger partial charge in [-0.15, -0.1) is 11.3 Å². The topological polar surface area (TPSA) is 56.1 Å². The lowest BCUT2D eigenvalue weighted by Crippen LogP contribution is -2.29. The lowest BCUT2D eigenvalue weighted by Gasteiger charge is -2.28. The van der Waals surface area contributed by atoms with Gasteiger partial charge in [0.2, 0.25) is 0 Å². The number of anilines is 2. The van der Waals surface area contributed by atoms with Crippen LogP contribution in [0.2, 0.25) is 0 Å². The van der Waals surface area contributed by atoms with Crippen LogP contribution in [0.1, 0.15) is 40.2 Å². The highest BCUT2D eigenvalue weighted by molar-refractivity contribution is 7.14. The number of nitrogens with zero attached hydrogens (tertiary/aromatic N) is 2. The molecule has 2 aromatic rings. The van der Waals surface area contributed by atoms with Gasteiger partial charge < -0.3 is 10.2 Å². The van der Waals surface area contributed by atoms with Gasteiger partial charge in [-0.25, -0.2) is 0 Å². The molecule has 1 amide bonds. The van der Waals surface area contributed by atoms with E-state index in [2.05, 4.69) is 23.3 Å². The van der Waals surface area contributed by atoms with Crippen LogP contribution in [-0.4, -0.2) is 19.0 Å². The molecule has 4 nitrogen and oxygen atoms in total. The minimum atomic E-state index is -0.163. The summed E-state index contributed by atoms with van der Waals surface area (Å²) in [5, 5.41) is 11.9. The van der Waals surface area contributed by atoms with Crippen molar-refractivity contribution in [1.82, 2.24) is 0 Å². The third kappa shape index (κ3) is 3.38. The average Bonchev–Trinajstić information content (AvgIpc) is 3.26. The van der Waals surface area contributed by atoms with Gasteiger partial charge >= 0.3 is 0 Å². The quantitative estimate of drug-likeness (QED) is 0.914. The van der Waals surface area contributed by atoms with E-state index in [1.54, 1.807) is 12.1 Å². The standard InChI is InChI=1S/C18H19N3OS/c1-21(13-6-2-3-7-13)16-9-5-4-8-15(16)20-18(22)17-11-10-14(12-19)23-17/h4-5,8-11,13H,2-3,6-7H2,1H3,(H,20,22). The van der Waals surface area contributed by atoms with E-state index >= 15 is 0 Å². The summed E-state index contributed by atoms with van der Waals surface area (Å²) in [4.78, 5) is 15.8. The van der Waals surface area contributed by atoms with E-state index in [9.17, 15) is 4.79 Å².